The van der Waals surface area contributed by atoms with Gasteiger partial charge in [0.25, 0.3) is 0 Å². The third-order valence-electron chi connectivity index (χ3n) is 1.75. The molecule has 0 atom stereocenters. The van der Waals surface area contributed by atoms with Gasteiger partial charge in [-0.1, -0.05) is 11.6 Å². The van der Waals surface area contributed by atoms with Crippen molar-refractivity contribution in [2.45, 2.75) is 6.92 Å². The Morgan fingerprint density at radius 2 is 2.13 bits per heavy atom. The van der Waals surface area contributed by atoms with Gasteiger partial charge in [-0.2, -0.15) is 10.1 Å². The summed E-state index contributed by atoms with van der Waals surface area (Å²) in [4.78, 5) is 7.22. The van der Waals surface area contributed by atoms with Crippen molar-refractivity contribution in [3.63, 3.8) is 0 Å². The summed E-state index contributed by atoms with van der Waals surface area (Å²) in [7, 11) is 0. The summed E-state index contributed by atoms with van der Waals surface area (Å²) in [6.45, 7) is 1.71. The van der Waals surface area contributed by atoms with E-state index in [-0.39, 0.29) is 11.1 Å². The molecule has 7 heteroatoms. The van der Waals surface area contributed by atoms with Gasteiger partial charge in [-0.25, -0.2) is 14.1 Å². The van der Waals surface area contributed by atoms with Gasteiger partial charge in [-0.05, 0) is 18.5 Å². The fourth-order valence-electron chi connectivity index (χ4n) is 1.05. The van der Waals surface area contributed by atoms with Crippen LogP contribution in [0.2, 0.25) is 10.3 Å². The summed E-state index contributed by atoms with van der Waals surface area (Å²) >= 11 is 11.3. The molecule has 0 radical (unpaired) electrons. The van der Waals surface area contributed by atoms with Gasteiger partial charge in [0.05, 0.1) is 23.1 Å². The van der Waals surface area contributed by atoms with E-state index in [1.165, 1.54) is 10.9 Å². The Bertz CT molecular complexity index is 492. The Hall–Kier alpha value is -1.20. The molecule has 0 aliphatic heterocycles. The molecule has 2 aromatic rings. The van der Waals surface area contributed by atoms with Crippen molar-refractivity contribution in [3.8, 4) is 5.82 Å². The molecular weight excluding hydrogens is 242 g/mol. The monoisotopic (exact) mass is 246 g/mol. The summed E-state index contributed by atoms with van der Waals surface area (Å²) in [5.41, 5.74) is 0.589. The first kappa shape index (κ1) is 10.3. The van der Waals surface area contributed by atoms with Crippen molar-refractivity contribution in [3.05, 3.63) is 34.2 Å². The molecule has 0 aromatic carbocycles. The predicted molar refractivity (Wildman–Crippen MR) is 53.9 cm³/mol. The zero-order valence-corrected chi connectivity index (χ0v) is 9.09. The SMILES string of the molecule is Cc1nn(-c2nc(Cl)ncc2F)cc1Cl. The van der Waals surface area contributed by atoms with Crippen LogP contribution in [-0.4, -0.2) is 19.7 Å². The number of halogens is 3. The van der Waals surface area contributed by atoms with Gasteiger partial charge in [0.15, 0.2) is 11.6 Å². The Labute approximate surface area is 94.7 Å². The van der Waals surface area contributed by atoms with Crippen LogP contribution in [0.25, 0.3) is 5.82 Å². The largest absolute Gasteiger partial charge is 0.224 e. The minimum absolute atomic E-state index is 0.0231. The van der Waals surface area contributed by atoms with Crippen LogP contribution >= 0.6 is 23.2 Å². The lowest BCUT2D eigenvalue weighted by molar-refractivity contribution is 0.592. The fourth-order valence-corrected chi connectivity index (χ4v) is 1.30. The predicted octanol–water partition coefficient (Wildman–Crippen LogP) is 2.42. The first-order valence-electron chi connectivity index (χ1n) is 3.98. The number of hydrogen-bond donors (Lipinski definition) is 0. The Balaban J connectivity index is 2.58. The smallest absolute Gasteiger partial charge is 0.223 e. The molecular formula is C8H5Cl2FN4. The van der Waals surface area contributed by atoms with E-state index in [1.54, 1.807) is 6.92 Å². The van der Waals surface area contributed by atoms with Gasteiger partial charge >= 0.3 is 0 Å². The topological polar surface area (TPSA) is 43.6 Å². The number of aryl methyl sites for hydroxylation is 1. The van der Waals surface area contributed by atoms with Crippen molar-refractivity contribution in [2.75, 3.05) is 0 Å². The van der Waals surface area contributed by atoms with E-state index in [4.69, 9.17) is 23.2 Å². The average Bonchev–Trinajstić information content (AvgIpc) is 2.51. The van der Waals surface area contributed by atoms with E-state index in [0.717, 1.165) is 6.20 Å². The molecule has 2 aromatic heterocycles. The first-order chi connectivity index (χ1) is 7.08. The minimum Gasteiger partial charge on any atom is -0.223 e. The van der Waals surface area contributed by atoms with E-state index in [0.29, 0.717) is 10.7 Å². The maximum absolute atomic E-state index is 13.3. The van der Waals surface area contributed by atoms with Gasteiger partial charge in [0, 0.05) is 0 Å². The van der Waals surface area contributed by atoms with Crippen LogP contribution < -0.4 is 0 Å². The third kappa shape index (κ3) is 1.93. The van der Waals surface area contributed by atoms with Crippen molar-refractivity contribution in [2.24, 2.45) is 0 Å². The molecule has 15 heavy (non-hydrogen) atoms. The van der Waals surface area contributed by atoms with E-state index < -0.39 is 5.82 Å². The minimum atomic E-state index is -0.612. The molecule has 0 aliphatic rings. The van der Waals surface area contributed by atoms with Gasteiger partial charge < -0.3 is 0 Å². The van der Waals surface area contributed by atoms with E-state index in [2.05, 4.69) is 15.1 Å². The highest BCUT2D eigenvalue weighted by Crippen LogP contribution is 2.17. The van der Waals surface area contributed by atoms with E-state index in [1.807, 2.05) is 0 Å². The fraction of sp³-hybridized carbons (Fsp3) is 0.125. The number of nitrogens with zero attached hydrogens (tertiary/aromatic N) is 4. The van der Waals surface area contributed by atoms with Gasteiger partial charge in [0.1, 0.15) is 0 Å². The number of aromatic nitrogens is 4. The first-order valence-corrected chi connectivity index (χ1v) is 4.73. The van der Waals surface area contributed by atoms with Crippen molar-refractivity contribution >= 4 is 23.2 Å². The molecule has 0 N–H and O–H groups in total. The summed E-state index contributed by atoms with van der Waals surface area (Å²) in [6, 6.07) is 0. The Kier molecular flexibility index (Phi) is 2.58. The van der Waals surface area contributed by atoms with Crippen molar-refractivity contribution < 1.29 is 4.39 Å². The summed E-state index contributed by atoms with van der Waals surface area (Å²) in [5.74, 6) is -0.636. The summed E-state index contributed by atoms with van der Waals surface area (Å²) in [5, 5.41) is 4.37. The molecule has 2 rings (SSSR count). The standard InChI is InChI=1S/C8H5Cl2FN4/c1-4-5(9)3-15(14-4)7-6(11)2-12-8(10)13-7/h2-3H,1H3. The van der Waals surface area contributed by atoms with Gasteiger partial charge in [-0.15, -0.1) is 0 Å². The molecule has 0 saturated heterocycles. The molecule has 0 saturated carbocycles. The lowest BCUT2D eigenvalue weighted by Crippen LogP contribution is -2.03. The normalized spacial score (nSPS) is 10.7. The van der Waals surface area contributed by atoms with Crippen LogP contribution in [-0.2, 0) is 0 Å². The molecule has 0 unspecified atom stereocenters. The highest BCUT2D eigenvalue weighted by Gasteiger charge is 2.11. The van der Waals surface area contributed by atoms with Gasteiger partial charge in [0.2, 0.25) is 5.28 Å². The van der Waals surface area contributed by atoms with Crippen LogP contribution in [0.4, 0.5) is 4.39 Å². The van der Waals surface area contributed by atoms with Crippen LogP contribution in [0.15, 0.2) is 12.4 Å². The molecule has 0 fully saturated rings. The number of hydrogen-bond acceptors (Lipinski definition) is 3. The second-order valence-corrected chi connectivity index (χ2v) is 3.56. The number of rotatable bonds is 1. The van der Waals surface area contributed by atoms with Crippen LogP contribution in [0.1, 0.15) is 5.69 Å². The highest BCUT2D eigenvalue weighted by molar-refractivity contribution is 6.31. The van der Waals surface area contributed by atoms with E-state index >= 15 is 0 Å². The Morgan fingerprint density at radius 1 is 1.40 bits per heavy atom. The lowest BCUT2D eigenvalue weighted by atomic mass is 10.5. The van der Waals surface area contributed by atoms with E-state index in [9.17, 15) is 4.39 Å². The molecule has 0 amide bonds. The molecule has 0 spiro atoms. The van der Waals surface area contributed by atoms with Crippen molar-refractivity contribution in [1.29, 1.82) is 0 Å². The average molecular weight is 247 g/mol. The maximum Gasteiger partial charge on any atom is 0.224 e. The molecule has 4 nitrogen and oxygen atoms in total. The molecule has 2 heterocycles. The van der Waals surface area contributed by atoms with Crippen molar-refractivity contribution in [1.82, 2.24) is 19.7 Å². The third-order valence-corrected chi connectivity index (χ3v) is 2.31. The van der Waals surface area contributed by atoms with Gasteiger partial charge in [-0.3, -0.25) is 0 Å². The second-order valence-electron chi connectivity index (χ2n) is 2.82. The molecule has 0 bridgehead atoms. The second kappa shape index (κ2) is 3.75. The molecule has 78 valence electrons. The van der Waals surface area contributed by atoms with Crippen LogP contribution in [0, 0.1) is 12.7 Å². The highest BCUT2D eigenvalue weighted by atomic mass is 35.5. The lowest BCUT2D eigenvalue weighted by Gasteiger charge is -2.00. The van der Waals surface area contributed by atoms with Crippen LogP contribution in [0.5, 0.6) is 0 Å². The quantitative estimate of drug-likeness (QED) is 0.727. The molecule has 0 aliphatic carbocycles. The van der Waals surface area contributed by atoms with Crippen LogP contribution in [0.3, 0.4) is 0 Å². The zero-order valence-electron chi connectivity index (χ0n) is 7.58. The summed E-state index contributed by atoms with van der Waals surface area (Å²) in [6.07, 6.45) is 2.44. The zero-order chi connectivity index (χ0) is 11.0. The summed E-state index contributed by atoms with van der Waals surface area (Å²) < 4.78 is 14.5. The maximum atomic E-state index is 13.3. The Morgan fingerprint density at radius 3 is 2.73 bits per heavy atom.